The summed E-state index contributed by atoms with van der Waals surface area (Å²) in [4.78, 5) is 45.1. The van der Waals surface area contributed by atoms with Gasteiger partial charge in [0.05, 0.1) is 16.4 Å². The molecule has 12 heteroatoms. The number of nitrogens with zero attached hydrogens (tertiary/aromatic N) is 3. The van der Waals surface area contributed by atoms with Crippen LogP contribution < -0.4 is 16.6 Å². The molecule has 10 nitrogen and oxygen atoms in total. The largest absolute Gasteiger partial charge is 0.453 e. The summed E-state index contributed by atoms with van der Waals surface area (Å²) in [6.07, 6.45) is 5.77. The van der Waals surface area contributed by atoms with E-state index in [9.17, 15) is 19.5 Å². The molecule has 0 bridgehead atoms. The van der Waals surface area contributed by atoms with Crippen LogP contribution in [0, 0.1) is 5.92 Å². The average molecular weight is 553 g/mol. The molecule has 2 aliphatic rings. The van der Waals surface area contributed by atoms with Gasteiger partial charge in [0.2, 0.25) is 5.91 Å². The molecule has 180 valence electrons. The van der Waals surface area contributed by atoms with Gasteiger partial charge in [0.15, 0.2) is 5.22 Å². The highest BCUT2D eigenvalue weighted by molar-refractivity contribution is 9.10. The van der Waals surface area contributed by atoms with E-state index in [0.29, 0.717) is 41.5 Å². The third kappa shape index (κ3) is 4.96. The summed E-state index contributed by atoms with van der Waals surface area (Å²) in [6.45, 7) is 0.758. The van der Waals surface area contributed by atoms with Gasteiger partial charge in [-0.15, -0.1) is 0 Å². The second-order valence-corrected chi connectivity index (χ2v) is 9.40. The molecular weight excluding hydrogens is 530 g/mol. The van der Waals surface area contributed by atoms with Crippen LogP contribution in [-0.2, 0) is 16.1 Å². The maximum absolute atomic E-state index is 13.3. The normalized spacial score (nSPS) is 17.9. The third-order valence-electron chi connectivity index (χ3n) is 5.88. The molecule has 0 spiro atoms. The lowest BCUT2D eigenvalue weighted by molar-refractivity contribution is -0.130. The van der Waals surface area contributed by atoms with Crippen molar-refractivity contribution in [3.8, 4) is 0 Å². The topological polar surface area (TPSA) is 140 Å². The van der Waals surface area contributed by atoms with Crippen LogP contribution in [-0.4, -0.2) is 57.6 Å². The number of halogens is 2. The fourth-order valence-electron chi connectivity index (χ4n) is 3.91. The first-order valence-electron chi connectivity index (χ1n) is 10.6. The number of hydrogen-bond donors (Lipinski definition) is 3. The van der Waals surface area contributed by atoms with E-state index in [-0.39, 0.29) is 48.0 Å². The van der Waals surface area contributed by atoms with Crippen LogP contribution in [0.1, 0.15) is 23.2 Å². The van der Waals surface area contributed by atoms with Crippen LogP contribution in [0.25, 0.3) is 11.0 Å². The minimum atomic E-state index is -0.651. The molecule has 1 saturated heterocycles. The zero-order valence-electron chi connectivity index (χ0n) is 18.1. The van der Waals surface area contributed by atoms with E-state index < -0.39 is 11.5 Å². The summed E-state index contributed by atoms with van der Waals surface area (Å²) in [6, 6.07) is 1.39. The SMILES string of the molecule is Nc1c(Br)cnc2c1cc(C(=O)NCC1=COC(Cl)=CC1)c(=O)n2CC(=O)N1CCC(CO)C1. The smallest absolute Gasteiger partial charge is 0.265 e. The van der Waals surface area contributed by atoms with E-state index in [1.807, 2.05) is 0 Å². The lowest BCUT2D eigenvalue weighted by atomic mass is 10.1. The molecule has 1 unspecified atom stereocenters. The second kappa shape index (κ2) is 10.2. The number of pyridine rings is 2. The highest BCUT2D eigenvalue weighted by atomic mass is 79.9. The molecule has 2 aromatic heterocycles. The predicted molar refractivity (Wildman–Crippen MR) is 130 cm³/mol. The number of carbonyl (C=O) groups is 2. The average Bonchev–Trinajstić information content (AvgIpc) is 3.32. The number of aromatic nitrogens is 2. The van der Waals surface area contributed by atoms with Crippen molar-refractivity contribution < 1.29 is 19.4 Å². The third-order valence-corrected chi connectivity index (χ3v) is 6.76. The number of aliphatic hydroxyl groups is 1. The van der Waals surface area contributed by atoms with Crippen LogP contribution >= 0.6 is 27.5 Å². The number of fused-ring (bicyclic) bond motifs is 1. The van der Waals surface area contributed by atoms with Gasteiger partial charge < -0.3 is 25.8 Å². The van der Waals surface area contributed by atoms with Crippen molar-refractivity contribution in [2.45, 2.75) is 19.4 Å². The zero-order chi connectivity index (χ0) is 24.4. The molecule has 2 amide bonds. The minimum Gasteiger partial charge on any atom is -0.453 e. The number of amides is 2. The Hall–Kier alpha value is -2.89. The van der Waals surface area contributed by atoms with Crippen LogP contribution in [0.5, 0.6) is 0 Å². The Morgan fingerprint density at radius 1 is 1.41 bits per heavy atom. The highest BCUT2D eigenvalue weighted by Crippen LogP contribution is 2.27. The molecule has 34 heavy (non-hydrogen) atoms. The number of hydrogen-bond acceptors (Lipinski definition) is 7. The molecule has 2 aromatic rings. The first kappa shape index (κ1) is 24.2. The van der Waals surface area contributed by atoms with Crippen molar-refractivity contribution in [1.29, 1.82) is 0 Å². The number of anilines is 1. The molecule has 1 atom stereocenters. The Kier molecular flexibility index (Phi) is 7.24. The first-order chi connectivity index (χ1) is 16.3. The maximum atomic E-state index is 13.3. The van der Waals surface area contributed by atoms with Gasteiger partial charge in [0, 0.05) is 43.7 Å². The van der Waals surface area contributed by atoms with E-state index >= 15 is 0 Å². The van der Waals surface area contributed by atoms with Crippen molar-refractivity contribution in [3.63, 3.8) is 0 Å². The van der Waals surface area contributed by atoms with Crippen LogP contribution in [0.2, 0.25) is 0 Å². The molecule has 0 saturated carbocycles. The van der Waals surface area contributed by atoms with E-state index in [2.05, 4.69) is 26.2 Å². The summed E-state index contributed by atoms with van der Waals surface area (Å²) in [7, 11) is 0. The highest BCUT2D eigenvalue weighted by Gasteiger charge is 2.27. The molecule has 0 aliphatic carbocycles. The van der Waals surface area contributed by atoms with E-state index in [4.69, 9.17) is 22.1 Å². The van der Waals surface area contributed by atoms with Crippen molar-refractivity contribution in [2.24, 2.45) is 5.92 Å². The van der Waals surface area contributed by atoms with Gasteiger partial charge in [0.25, 0.3) is 11.5 Å². The Bertz CT molecular complexity index is 1270. The standard InChI is InChI=1S/C22H23BrClN5O5/c23-16-7-26-20-14(19(16)25)5-15(21(32)27-6-12-1-2-17(24)34-11-12)22(33)29(20)9-18(31)28-4-3-13(8-28)10-30/h2,5,7,11,13,30H,1,3-4,6,8-10H2,(H2,25,26)(H,27,32). The summed E-state index contributed by atoms with van der Waals surface area (Å²) < 4.78 is 6.80. The number of rotatable bonds is 6. The maximum Gasteiger partial charge on any atom is 0.265 e. The van der Waals surface area contributed by atoms with Gasteiger partial charge in [-0.2, -0.15) is 0 Å². The van der Waals surface area contributed by atoms with Gasteiger partial charge in [-0.05, 0) is 58.1 Å². The molecule has 4 rings (SSSR count). The van der Waals surface area contributed by atoms with Gasteiger partial charge in [-0.25, -0.2) is 4.98 Å². The van der Waals surface area contributed by atoms with Gasteiger partial charge in [-0.1, -0.05) is 0 Å². The molecule has 1 fully saturated rings. The molecule has 0 radical (unpaired) electrons. The van der Waals surface area contributed by atoms with Gasteiger partial charge >= 0.3 is 0 Å². The summed E-state index contributed by atoms with van der Waals surface area (Å²) in [5, 5.41) is 12.7. The van der Waals surface area contributed by atoms with E-state index in [1.165, 1.54) is 23.1 Å². The molecule has 2 aliphatic heterocycles. The number of carbonyl (C=O) groups excluding carboxylic acids is 2. The quantitative estimate of drug-likeness (QED) is 0.495. The van der Waals surface area contributed by atoms with Crippen molar-refractivity contribution in [3.05, 3.63) is 55.8 Å². The van der Waals surface area contributed by atoms with Crippen LogP contribution in [0.3, 0.4) is 0 Å². The number of likely N-dealkylation sites (tertiary alicyclic amines) is 1. The monoisotopic (exact) mass is 551 g/mol. The fraction of sp³-hybridized carbons (Fsp3) is 0.364. The molecule has 0 aromatic carbocycles. The van der Waals surface area contributed by atoms with Crippen molar-refractivity contribution in [2.75, 3.05) is 32.0 Å². The lowest BCUT2D eigenvalue weighted by Crippen LogP contribution is -2.39. The number of allylic oxidation sites excluding steroid dienone is 1. The summed E-state index contributed by atoms with van der Waals surface area (Å²) >= 11 is 9.08. The predicted octanol–water partition coefficient (Wildman–Crippen LogP) is 1.70. The molecule has 4 heterocycles. The number of ether oxygens (including phenoxy) is 1. The lowest BCUT2D eigenvalue weighted by Gasteiger charge is -2.19. The molecule has 4 N–H and O–H groups in total. The van der Waals surface area contributed by atoms with Gasteiger partial charge in [0.1, 0.15) is 17.8 Å². The number of nitrogen functional groups attached to an aromatic ring is 1. The van der Waals surface area contributed by atoms with Crippen molar-refractivity contribution >= 4 is 56.1 Å². The molecular formula is C22H23BrClN5O5. The Morgan fingerprint density at radius 2 is 2.21 bits per heavy atom. The van der Waals surface area contributed by atoms with Gasteiger partial charge in [-0.3, -0.25) is 19.0 Å². The van der Waals surface area contributed by atoms with Crippen LogP contribution in [0.4, 0.5) is 5.69 Å². The van der Waals surface area contributed by atoms with Crippen molar-refractivity contribution in [1.82, 2.24) is 19.8 Å². The summed E-state index contributed by atoms with van der Waals surface area (Å²) in [5.41, 5.74) is 6.66. The minimum absolute atomic E-state index is 0.00208. The first-order valence-corrected chi connectivity index (χ1v) is 11.8. The van der Waals surface area contributed by atoms with E-state index in [1.54, 1.807) is 11.0 Å². The fourth-order valence-corrected chi connectivity index (χ4v) is 4.35. The zero-order valence-corrected chi connectivity index (χ0v) is 20.4. The number of nitrogens with two attached hydrogens (primary N) is 1. The number of nitrogens with one attached hydrogen (secondary N) is 1. The number of aliphatic hydroxyl groups excluding tert-OH is 1. The van der Waals surface area contributed by atoms with E-state index in [0.717, 1.165) is 5.57 Å². The Labute approximate surface area is 208 Å². The van der Waals surface area contributed by atoms with Crippen LogP contribution in [0.15, 0.2) is 44.7 Å². The second-order valence-electron chi connectivity index (χ2n) is 8.17. The summed E-state index contributed by atoms with van der Waals surface area (Å²) in [5.74, 6) is -0.897. The Balaban J connectivity index is 1.65. The Morgan fingerprint density at radius 3 is 2.88 bits per heavy atom.